The molecule has 1 saturated carbocycles. The van der Waals surface area contributed by atoms with Crippen LogP contribution in [-0.4, -0.2) is 57.4 Å². The molecule has 0 bridgehead atoms. The van der Waals surface area contributed by atoms with Crippen molar-refractivity contribution in [3.05, 3.63) is 47.0 Å². The lowest BCUT2D eigenvalue weighted by molar-refractivity contribution is 0.0581. The molecule has 4 rings (SSSR count). The van der Waals surface area contributed by atoms with Gasteiger partial charge < -0.3 is 24.8 Å². The van der Waals surface area contributed by atoms with Gasteiger partial charge in [-0.3, -0.25) is 4.90 Å². The first-order chi connectivity index (χ1) is 16.5. The fourth-order valence-electron chi connectivity index (χ4n) is 5.02. The van der Waals surface area contributed by atoms with Crippen molar-refractivity contribution in [2.24, 2.45) is 5.92 Å². The molecule has 2 unspecified atom stereocenters. The SMILES string of the molecule is COc1cc(NC(=O)NC2CCC2N2CCC(Cc3ccc(Cl)cc3)CC2)cc(OC)c1OC. The number of ether oxygens (including phenoxy) is 3. The summed E-state index contributed by atoms with van der Waals surface area (Å²) in [5.74, 6) is 2.20. The van der Waals surface area contributed by atoms with Crippen LogP contribution in [-0.2, 0) is 6.42 Å². The standard InChI is InChI=1S/C26H34ClN3O4/c1-32-23-15-20(16-24(33-2)25(23)34-3)28-26(31)29-21-8-9-22(21)30-12-10-18(11-13-30)14-17-4-6-19(27)7-5-17/h4-7,15-16,18,21-22H,8-14H2,1-3H3,(H2,28,29,31). The second-order valence-electron chi connectivity index (χ2n) is 9.07. The highest BCUT2D eigenvalue weighted by Crippen LogP contribution is 2.40. The van der Waals surface area contributed by atoms with Crippen molar-refractivity contribution in [3.8, 4) is 17.2 Å². The number of likely N-dealkylation sites (tertiary alicyclic amines) is 1. The monoisotopic (exact) mass is 487 g/mol. The third-order valence-corrected chi connectivity index (χ3v) is 7.28. The zero-order valence-corrected chi connectivity index (χ0v) is 20.9. The molecule has 1 aliphatic carbocycles. The van der Waals surface area contributed by atoms with Crippen molar-refractivity contribution >= 4 is 23.3 Å². The first-order valence-corrected chi connectivity index (χ1v) is 12.2. The van der Waals surface area contributed by atoms with Crippen LogP contribution in [0.5, 0.6) is 17.2 Å². The molecular weight excluding hydrogens is 454 g/mol. The molecule has 2 amide bonds. The number of urea groups is 1. The van der Waals surface area contributed by atoms with E-state index in [-0.39, 0.29) is 12.1 Å². The molecule has 2 fully saturated rings. The highest BCUT2D eigenvalue weighted by Gasteiger charge is 2.38. The number of hydrogen-bond acceptors (Lipinski definition) is 5. The number of anilines is 1. The molecule has 2 N–H and O–H groups in total. The molecule has 184 valence electrons. The van der Waals surface area contributed by atoms with Crippen molar-refractivity contribution in [2.45, 2.75) is 44.2 Å². The Morgan fingerprint density at radius 3 is 2.15 bits per heavy atom. The molecule has 7 nitrogen and oxygen atoms in total. The second-order valence-corrected chi connectivity index (χ2v) is 9.51. The topological polar surface area (TPSA) is 72.1 Å². The number of benzene rings is 2. The lowest BCUT2D eigenvalue weighted by atomic mass is 9.82. The molecule has 2 atom stereocenters. The number of rotatable bonds is 8. The van der Waals surface area contributed by atoms with Gasteiger partial charge in [0.2, 0.25) is 5.75 Å². The minimum absolute atomic E-state index is 0.162. The summed E-state index contributed by atoms with van der Waals surface area (Å²) in [6, 6.07) is 12.0. The molecule has 0 radical (unpaired) electrons. The number of halogens is 1. The highest BCUT2D eigenvalue weighted by atomic mass is 35.5. The van der Waals surface area contributed by atoms with E-state index in [1.54, 1.807) is 33.5 Å². The lowest BCUT2D eigenvalue weighted by Gasteiger charge is -2.47. The maximum Gasteiger partial charge on any atom is 0.319 e. The van der Waals surface area contributed by atoms with E-state index in [0.29, 0.717) is 34.9 Å². The van der Waals surface area contributed by atoms with E-state index in [0.717, 1.165) is 37.4 Å². The van der Waals surface area contributed by atoms with E-state index in [4.69, 9.17) is 25.8 Å². The third kappa shape index (κ3) is 5.70. The van der Waals surface area contributed by atoms with Crippen LogP contribution in [0.3, 0.4) is 0 Å². The molecule has 8 heteroatoms. The average molecular weight is 488 g/mol. The Bertz CT molecular complexity index is 952. The average Bonchev–Trinajstić information content (AvgIpc) is 2.83. The van der Waals surface area contributed by atoms with Crippen LogP contribution in [0.2, 0.25) is 5.02 Å². The van der Waals surface area contributed by atoms with Gasteiger partial charge in [-0.2, -0.15) is 0 Å². The van der Waals surface area contributed by atoms with Crippen LogP contribution < -0.4 is 24.8 Å². The summed E-state index contributed by atoms with van der Waals surface area (Å²) in [5, 5.41) is 6.85. The summed E-state index contributed by atoms with van der Waals surface area (Å²) >= 11 is 6.01. The molecule has 34 heavy (non-hydrogen) atoms. The number of carbonyl (C=O) groups excluding carboxylic acids is 1. The van der Waals surface area contributed by atoms with E-state index < -0.39 is 0 Å². The second kappa shape index (κ2) is 11.2. The number of hydrogen-bond donors (Lipinski definition) is 2. The number of amides is 2. The van der Waals surface area contributed by atoms with E-state index in [1.165, 1.54) is 18.4 Å². The molecule has 1 aliphatic heterocycles. The smallest absolute Gasteiger partial charge is 0.319 e. The van der Waals surface area contributed by atoms with Crippen molar-refractivity contribution in [2.75, 3.05) is 39.7 Å². The van der Waals surface area contributed by atoms with Crippen molar-refractivity contribution in [1.82, 2.24) is 10.2 Å². The Kier molecular flexibility index (Phi) is 8.06. The number of nitrogens with one attached hydrogen (secondary N) is 2. The first-order valence-electron chi connectivity index (χ1n) is 11.9. The number of piperidine rings is 1. The van der Waals surface area contributed by atoms with Gasteiger partial charge in [0.1, 0.15) is 0 Å². The fraction of sp³-hybridized carbons (Fsp3) is 0.500. The molecule has 2 aliphatic rings. The molecular formula is C26H34ClN3O4. The minimum atomic E-state index is -0.221. The lowest BCUT2D eigenvalue weighted by Crippen LogP contribution is -2.60. The highest BCUT2D eigenvalue weighted by molar-refractivity contribution is 6.30. The molecule has 2 aromatic carbocycles. The van der Waals surface area contributed by atoms with Crippen molar-refractivity contribution in [1.29, 1.82) is 0 Å². The van der Waals surface area contributed by atoms with Gasteiger partial charge in [0.15, 0.2) is 11.5 Å². The van der Waals surface area contributed by atoms with Gasteiger partial charge in [0.05, 0.1) is 27.0 Å². The Balaban J connectivity index is 1.27. The van der Waals surface area contributed by atoms with E-state index >= 15 is 0 Å². The minimum Gasteiger partial charge on any atom is -0.493 e. The quantitative estimate of drug-likeness (QED) is 0.550. The van der Waals surface area contributed by atoms with Crippen LogP contribution in [0, 0.1) is 5.92 Å². The third-order valence-electron chi connectivity index (χ3n) is 7.03. The zero-order valence-electron chi connectivity index (χ0n) is 20.1. The largest absolute Gasteiger partial charge is 0.493 e. The maximum absolute atomic E-state index is 12.7. The molecule has 1 heterocycles. The summed E-state index contributed by atoms with van der Waals surface area (Å²) in [6.45, 7) is 2.16. The summed E-state index contributed by atoms with van der Waals surface area (Å²) in [6.07, 6.45) is 5.59. The van der Waals surface area contributed by atoms with E-state index in [9.17, 15) is 4.79 Å². The Labute approximate surface area is 206 Å². The van der Waals surface area contributed by atoms with Crippen molar-refractivity contribution in [3.63, 3.8) is 0 Å². The molecule has 1 saturated heterocycles. The fourth-order valence-corrected chi connectivity index (χ4v) is 5.15. The number of carbonyl (C=O) groups is 1. The van der Waals surface area contributed by atoms with Gasteiger partial charge in [-0.15, -0.1) is 0 Å². The van der Waals surface area contributed by atoms with E-state index in [2.05, 4.69) is 27.7 Å². The van der Waals surface area contributed by atoms with Crippen molar-refractivity contribution < 1.29 is 19.0 Å². The van der Waals surface area contributed by atoms with Crippen LogP contribution in [0.25, 0.3) is 0 Å². The van der Waals surface area contributed by atoms with Gasteiger partial charge in [0, 0.05) is 29.2 Å². The predicted octanol–water partition coefficient (Wildman–Crippen LogP) is 4.97. The summed E-state index contributed by atoms with van der Waals surface area (Å²) in [7, 11) is 4.66. The number of nitrogens with zero attached hydrogens (tertiary/aromatic N) is 1. The van der Waals surface area contributed by atoms with Gasteiger partial charge >= 0.3 is 6.03 Å². The van der Waals surface area contributed by atoms with Crippen LogP contribution >= 0.6 is 11.6 Å². The van der Waals surface area contributed by atoms with Gasteiger partial charge in [-0.1, -0.05) is 23.7 Å². The summed E-state index contributed by atoms with van der Waals surface area (Å²) in [4.78, 5) is 15.3. The molecule has 0 spiro atoms. The normalized spacial score (nSPS) is 20.8. The Morgan fingerprint density at radius 1 is 0.971 bits per heavy atom. The maximum atomic E-state index is 12.7. The van der Waals surface area contributed by atoms with Crippen LogP contribution in [0.15, 0.2) is 36.4 Å². The van der Waals surface area contributed by atoms with E-state index in [1.807, 2.05) is 12.1 Å². The summed E-state index contributed by atoms with van der Waals surface area (Å²) < 4.78 is 16.1. The first kappa shape index (κ1) is 24.5. The predicted molar refractivity (Wildman–Crippen MR) is 135 cm³/mol. The summed E-state index contributed by atoms with van der Waals surface area (Å²) in [5.41, 5.74) is 1.94. The molecule has 0 aromatic heterocycles. The van der Waals surface area contributed by atoms with Crippen LogP contribution in [0.4, 0.5) is 10.5 Å². The van der Waals surface area contributed by atoms with Gasteiger partial charge in [-0.25, -0.2) is 4.79 Å². The zero-order chi connectivity index (χ0) is 24.1. The Morgan fingerprint density at radius 2 is 1.62 bits per heavy atom. The van der Waals surface area contributed by atoms with Gasteiger partial charge in [0.25, 0.3) is 0 Å². The van der Waals surface area contributed by atoms with Crippen LogP contribution in [0.1, 0.15) is 31.2 Å². The number of methoxy groups -OCH3 is 3. The molecule has 2 aromatic rings. The van der Waals surface area contributed by atoms with Gasteiger partial charge in [-0.05, 0) is 68.8 Å². The Hall–Kier alpha value is -2.64.